The van der Waals surface area contributed by atoms with Crippen molar-refractivity contribution in [2.45, 2.75) is 12.5 Å². The fourth-order valence-electron chi connectivity index (χ4n) is 1.55. The van der Waals surface area contributed by atoms with Gasteiger partial charge in [-0.25, -0.2) is 0 Å². The van der Waals surface area contributed by atoms with Gasteiger partial charge in [0.15, 0.2) is 0 Å². The molecule has 5 heteroatoms. The Morgan fingerprint density at radius 2 is 1.32 bits per heavy atom. The zero-order chi connectivity index (χ0) is 13.9. The van der Waals surface area contributed by atoms with E-state index in [1.54, 1.807) is 0 Å². The lowest BCUT2D eigenvalue weighted by Crippen LogP contribution is -2.33. The van der Waals surface area contributed by atoms with Crippen LogP contribution in [0.5, 0.6) is 5.75 Å². The van der Waals surface area contributed by atoms with Crippen molar-refractivity contribution in [3.05, 3.63) is 54.6 Å². The maximum atomic E-state index is 12.7. The van der Waals surface area contributed by atoms with Gasteiger partial charge in [0, 0.05) is 0 Å². The number of hydrogen-bond acceptors (Lipinski definition) is 1. The lowest BCUT2D eigenvalue weighted by Gasteiger charge is -2.16. The molecule has 0 spiro atoms. The predicted octanol–water partition coefficient (Wildman–Crippen LogP) is 4.59. The molecule has 0 bridgehead atoms. The first-order valence-corrected chi connectivity index (χ1v) is 5.49. The molecule has 0 heterocycles. The molecule has 0 aromatic heterocycles. The van der Waals surface area contributed by atoms with Crippen molar-refractivity contribution >= 4 is 0 Å². The number of ether oxygens (including phenoxy) is 1. The summed E-state index contributed by atoms with van der Waals surface area (Å²) in [5.74, 6) is -0.301. The van der Waals surface area contributed by atoms with Gasteiger partial charge in [-0.15, -0.1) is 0 Å². The lowest BCUT2D eigenvalue weighted by atomic mass is 10.1. The van der Waals surface area contributed by atoms with Crippen LogP contribution in [0.15, 0.2) is 54.6 Å². The van der Waals surface area contributed by atoms with Gasteiger partial charge in [-0.05, 0) is 23.3 Å². The topological polar surface area (TPSA) is 9.23 Å². The molecule has 2 rings (SSSR count). The van der Waals surface area contributed by atoms with E-state index in [1.165, 1.54) is 24.3 Å². The summed E-state index contributed by atoms with van der Waals surface area (Å²) in [5.41, 5.74) is 1.68. The number of rotatable bonds is 4. The predicted molar refractivity (Wildman–Crippen MR) is 63.5 cm³/mol. The van der Waals surface area contributed by atoms with Crippen LogP contribution < -0.4 is 4.74 Å². The fourth-order valence-corrected chi connectivity index (χ4v) is 1.55. The molecule has 1 nitrogen and oxygen atoms in total. The van der Waals surface area contributed by atoms with Gasteiger partial charge in [-0.2, -0.15) is 17.6 Å². The van der Waals surface area contributed by atoms with Crippen LogP contribution in [0.3, 0.4) is 0 Å². The molecule has 0 atom stereocenters. The number of hydrogen-bond donors (Lipinski definition) is 0. The van der Waals surface area contributed by atoms with Crippen molar-refractivity contribution in [2.75, 3.05) is 0 Å². The minimum absolute atomic E-state index is 0.301. The van der Waals surface area contributed by atoms with Gasteiger partial charge >= 0.3 is 12.5 Å². The van der Waals surface area contributed by atoms with E-state index in [9.17, 15) is 17.6 Å². The highest BCUT2D eigenvalue weighted by molar-refractivity contribution is 5.63. The Kier molecular flexibility index (Phi) is 3.74. The largest absolute Gasteiger partial charge is 0.461 e. The Morgan fingerprint density at radius 1 is 0.789 bits per heavy atom. The highest BCUT2D eigenvalue weighted by Gasteiger charge is 2.43. The number of halogens is 4. The Balaban J connectivity index is 2.16. The van der Waals surface area contributed by atoms with E-state index in [0.29, 0.717) is 0 Å². The highest BCUT2D eigenvalue weighted by Crippen LogP contribution is 2.29. The minimum Gasteiger partial charge on any atom is -0.428 e. The van der Waals surface area contributed by atoms with Crippen LogP contribution in [0.4, 0.5) is 17.6 Å². The Hall–Kier alpha value is -2.04. The molecule has 0 saturated carbocycles. The van der Waals surface area contributed by atoms with Gasteiger partial charge in [0.1, 0.15) is 5.75 Å². The molecule has 2 aromatic carbocycles. The molecule has 0 fully saturated rings. The van der Waals surface area contributed by atoms with Crippen molar-refractivity contribution in [3.63, 3.8) is 0 Å². The first-order chi connectivity index (χ1) is 8.99. The summed E-state index contributed by atoms with van der Waals surface area (Å²) < 4.78 is 53.3. The van der Waals surface area contributed by atoms with Crippen LogP contribution in [0.2, 0.25) is 0 Å². The van der Waals surface area contributed by atoms with E-state index in [-0.39, 0.29) is 5.75 Å². The van der Waals surface area contributed by atoms with E-state index >= 15 is 0 Å². The van der Waals surface area contributed by atoms with Gasteiger partial charge < -0.3 is 4.74 Å². The van der Waals surface area contributed by atoms with Crippen LogP contribution in [-0.4, -0.2) is 12.5 Å². The quantitative estimate of drug-likeness (QED) is 0.738. The molecule has 2 aromatic rings. The standard InChI is InChI=1S/C14H10F4O/c15-13(16)14(17,18)19-12-8-6-11(7-9-12)10-4-2-1-3-5-10/h1-9,13H. The second kappa shape index (κ2) is 5.30. The molecular formula is C14H10F4O. The Bertz CT molecular complexity index is 523. The van der Waals surface area contributed by atoms with E-state index in [4.69, 9.17) is 0 Å². The van der Waals surface area contributed by atoms with Crippen molar-refractivity contribution < 1.29 is 22.3 Å². The monoisotopic (exact) mass is 270 g/mol. The second-order valence-corrected chi connectivity index (χ2v) is 3.85. The SMILES string of the molecule is FC(F)C(F)(F)Oc1ccc(-c2ccccc2)cc1. The summed E-state index contributed by atoms with van der Waals surface area (Å²) in [5, 5.41) is 0. The van der Waals surface area contributed by atoms with Gasteiger partial charge in [-0.3, -0.25) is 0 Å². The van der Waals surface area contributed by atoms with E-state index in [0.717, 1.165) is 11.1 Å². The molecule has 19 heavy (non-hydrogen) atoms. The molecule has 0 aliphatic rings. The van der Waals surface area contributed by atoms with Crippen LogP contribution in [0.25, 0.3) is 11.1 Å². The van der Waals surface area contributed by atoms with Gasteiger partial charge in [0.05, 0.1) is 0 Å². The zero-order valence-electron chi connectivity index (χ0n) is 9.69. The normalized spacial score (nSPS) is 11.6. The smallest absolute Gasteiger partial charge is 0.428 e. The van der Waals surface area contributed by atoms with Crippen LogP contribution in [0, 0.1) is 0 Å². The van der Waals surface area contributed by atoms with Gasteiger partial charge in [-0.1, -0.05) is 42.5 Å². The average molecular weight is 270 g/mol. The van der Waals surface area contributed by atoms with Crippen molar-refractivity contribution in [1.82, 2.24) is 0 Å². The van der Waals surface area contributed by atoms with Crippen molar-refractivity contribution in [3.8, 4) is 16.9 Å². The first-order valence-electron chi connectivity index (χ1n) is 5.49. The van der Waals surface area contributed by atoms with E-state index in [2.05, 4.69) is 4.74 Å². The maximum absolute atomic E-state index is 12.7. The fraction of sp³-hybridized carbons (Fsp3) is 0.143. The summed E-state index contributed by atoms with van der Waals surface area (Å²) in [6.07, 6.45) is -8.34. The summed E-state index contributed by atoms with van der Waals surface area (Å²) in [6.45, 7) is 0. The number of benzene rings is 2. The first kappa shape index (κ1) is 13.4. The third-order valence-corrected chi connectivity index (χ3v) is 2.47. The summed E-state index contributed by atoms with van der Waals surface area (Å²) in [6, 6.07) is 14.8. The molecule has 100 valence electrons. The van der Waals surface area contributed by atoms with Gasteiger partial charge in [0.25, 0.3) is 0 Å². The maximum Gasteiger partial charge on any atom is 0.461 e. The molecule has 0 aliphatic carbocycles. The molecule has 0 N–H and O–H groups in total. The molecule has 0 saturated heterocycles. The van der Waals surface area contributed by atoms with Crippen molar-refractivity contribution in [2.24, 2.45) is 0 Å². The van der Waals surface area contributed by atoms with Crippen LogP contribution in [0.1, 0.15) is 0 Å². The average Bonchev–Trinajstić information content (AvgIpc) is 2.40. The Morgan fingerprint density at radius 3 is 1.84 bits per heavy atom. The Labute approximate surface area is 107 Å². The molecule has 0 radical (unpaired) electrons. The number of alkyl halides is 4. The van der Waals surface area contributed by atoms with Crippen LogP contribution >= 0.6 is 0 Å². The molecule has 0 unspecified atom stereocenters. The summed E-state index contributed by atoms with van der Waals surface area (Å²) in [4.78, 5) is 0. The van der Waals surface area contributed by atoms with Crippen molar-refractivity contribution in [1.29, 1.82) is 0 Å². The minimum atomic E-state index is -4.48. The molecular weight excluding hydrogens is 260 g/mol. The van der Waals surface area contributed by atoms with Crippen LogP contribution in [-0.2, 0) is 0 Å². The second-order valence-electron chi connectivity index (χ2n) is 3.85. The van der Waals surface area contributed by atoms with Gasteiger partial charge in [0.2, 0.25) is 0 Å². The lowest BCUT2D eigenvalue weighted by molar-refractivity contribution is -0.253. The summed E-state index contributed by atoms with van der Waals surface area (Å²) >= 11 is 0. The van der Waals surface area contributed by atoms with E-state index in [1.807, 2.05) is 30.3 Å². The van der Waals surface area contributed by atoms with E-state index < -0.39 is 12.5 Å². The third kappa shape index (κ3) is 3.24. The molecule has 0 amide bonds. The zero-order valence-corrected chi connectivity index (χ0v) is 9.69. The summed E-state index contributed by atoms with van der Waals surface area (Å²) in [7, 11) is 0. The molecule has 0 aliphatic heterocycles. The highest BCUT2D eigenvalue weighted by atomic mass is 19.3. The third-order valence-electron chi connectivity index (χ3n) is 2.47.